The zero-order valence-corrected chi connectivity index (χ0v) is 44.5. The number of carbonyl (C=O) groups is 1. The topological polar surface area (TPSA) is 240 Å². The third-order valence-electron chi connectivity index (χ3n) is 12.3. The Kier molecular flexibility index (Phi) is 25.4. The summed E-state index contributed by atoms with van der Waals surface area (Å²) < 4.78 is 84.2. The Labute approximate surface area is 460 Å². The lowest BCUT2D eigenvalue weighted by atomic mass is 9.96. The van der Waals surface area contributed by atoms with Crippen molar-refractivity contribution in [2.24, 2.45) is 5.11 Å². The fraction of sp³-hybridized carbons (Fsp3) is 0.356. The molecule has 0 aliphatic carbocycles. The summed E-state index contributed by atoms with van der Waals surface area (Å²) in [5.74, 6) is 0. The molecule has 7 rings (SSSR count). The van der Waals surface area contributed by atoms with Gasteiger partial charge in [-0.3, -0.25) is 13.6 Å². The van der Waals surface area contributed by atoms with E-state index in [2.05, 4.69) is 15.3 Å². The minimum Gasteiger partial charge on any atom is -0.445 e. The molecular weight excluding hydrogens is 1030 g/mol. The predicted octanol–water partition coefficient (Wildman–Crippen LogP) is 10.3. The average Bonchev–Trinajstić information content (AvgIpc) is 3.57. The number of azide groups is 1. The minimum absolute atomic E-state index is 0.00267. The Balaban J connectivity index is 1.22. The average molecular weight is 1100 g/mol. The predicted molar refractivity (Wildman–Crippen MR) is 290 cm³/mol. The van der Waals surface area contributed by atoms with Gasteiger partial charge < -0.3 is 48.3 Å². The first kappa shape index (κ1) is 59.8. The number of phosphoric acid groups is 1. The smallest absolute Gasteiger partial charge is 0.445 e. The van der Waals surface area contributed by atoms with Gasteiger partial charge in [0.25, 0.3) is 0 Å². The van der Waals surface area contributed by atoms with Gasteiger partial charge in [0.15, 0.2) is 6.29 Å². The Morgan fingerprint density at radius 1 is 0.646 bits per heavy atom. The molecular formula is C59H66N5O14P. The molecule has 1 saturated heterocycles. The number of alkyl carbamates (subject to hydrolysis) is 1. The van der Waals surface area contributed by atoms with Crippen molar-refractivity contribution in [3.8, 4) is 6.07 Å². The normalized spacial score (nSPS) is 18.9. The van der Waals surface area contributed by atoms with Crippen LogP contribution in [0.15, 0.2) is 187 Å². The Hall–Kier alpha value is -6.82. The monoisotopic (exact) mass is 1100 g/mol. The molecule has 0 spiro atoms. The van der Waals surface area contributed by atoms with Crippen LogP contribution < -0.4 is 5.32 Å². The molecule has 1 amide bonds. The number of phosphoric ester groups is 1. The first-order valence-electron chi connectivity index (χ1n) is 25.9. The second-order valence-electron chi connectivity index (χ2n) is 18.0. The van der Waals surface area contributed by atoms with Crippen LogP contribution in [0, 0.1) is 11.3 Å². The SMILES string of the molecule is N#CCCOP(=O)(OCCNC(=O)OCc1ccccc1)OC[C@H](OCc1ccccc1)[C@H](O[C@@H]1O[C@H](COCc2ccccc2)[C@@H](OCc2ccccc2)[C@H](OCc2ccccc2)[C@H]1N=[N+]=[N-])[C@@H](CO)OCc1ccccc1. The van der Waals surface area contributed by atoms with E-state index in [0.717, 1.165) is 33.4 Å². The standard InChI is InChI=1S/C59H66N5O14P/c60-32-19-34-74-79(67,75-35-33-62-59(66)73-42-50-30-17-6-18-31-50)76-44-52(70-39-47-24-11-3-12-25-47)55(51(36-65)69-38-46-22-9-2-10-23-46)78-58-54(63-64-61)57(72-41-49-28-15-5-16-29-49)56(71-40-48-26-13-4-14-27-48)53(77-58)43-68-37-45-20-7-1-8-21-45/h1-18,20-31,51-58,65H,19,33-44H2,(H,62,66)/t51-,52+,53-,54-,55-,56-,57-,58+,79?/m1/s1. The van der Waals surface area contributed by atoms with Crippen LogP contribution in [0.25, 0.3) is 10.4 Å². The number of benzene rings is 6. The molecule has 1 heterocycles. The summed E-state index contributed by atoms with van der Waals surface area (Å²) in [4.78, 5) is 15.9. The van der Waals surface area contributed by atoms with Crippen LogP contribution in [0.1, 0.15) is 39.8 Å². The van der Waals surface area contributed by atoms with E-state index in [4.69, 9.17) is 51.5 Å². The molecule has 2 N–H and O–H groups in total. The highest BCUT2D eigenvalue weighted by Gasteiger charge is 2.50. The van der Waals surface area contributed by atoms with Crippen LogP contribution in [0.5, 0.6) is 0 Å². The van der Waals surface area contributed by atoms with E-state index in [1.807, 2.05) is 188 Å². The number of nitriles is 1. The number of aliphatic hydroxyl groups is 1. The van der Waals surface area contributed by atoms with Gasteiger partial charge in [0, 0.05) is 11.5 Å². The minimum atomic E-state index is -4.60. The van der Waals surface area contributed by atoms with E-state index in [1.165, 1.54) is 0 Å². The number of hydrogen-bond donors (Lipinski definition) is 2. The van der Waals surface area contributed by atoms with E-state index in [-0.39, 0.29) is 72.4 Å². The van der Waals surface area contributed by atoms with Gasteiger partial charge in [-0.2, -0.15) is 5.26 Å². The molecule has 79 heavy (non-hydrogen) atoms. The summed E-state index contributed by atoms with van der Waals surface area (Å²) in [6, 6.07) is 56.9. The van der Waals surface area contributed by atoms with E-state index < -0.39 is 76.1 Å². The van der Waals surface area contributed by atoms with Crippen molar-refractivity contribution in [2.45, 2.75) is 95.0 Å². The van der Waals surface area contributed by atoms with Crippen LogP contribution in [0.3, 0.4) is 0 Å². The molecule has 1 aliphatic rings. The molecule has 0 bridgehead atoms. The lowest BCUT2D eigenvalue weighted by Crippen LogP contribution is -2.62. The highest BCUT2D eigenvalue weighted by molar-refractivity contribution is 7.48. The summed E-state index contributed by atoms with van der Waals surface area (Å²) >= 11 is 0. The van der Waals surface area contributed by atoms with Crippen LogP contribution >= 0.6 is 7.82 Å². The first-order chi connectivity index (χ1) is 38.8. The number of nitrogens with one attached hydrogen (secondary N) is 1. The molecule has 1 fully saturated rings. The van der Waals surface area contributed by atoms with Crippen molar-refractivity contribution in [3.05, 3.63) is 226 Å². The van der Waals surface area contributed by atoms with Gasteiger partial charge in [0.05, 0.1) is 78.6 Å². The lowest BCUT2D eigenvalue weighted by Gasteiger charge is -2.46. The molecule has 416 valence electrons. The quantitative estimate of drug-likeness (QED) is 0.0126. The van der Waals surface area contributed by atoms with Gasteiger partial charge in [0.1, 0.15) is 49.3 Å². The number of aliphatic hydroxyl groups excluding tert-OH is 1. The van der Waals surface area contributed by atoms with Gasteiger partial charge >= 0.3 is 13.9 Å². The van der Waals surface area contributed by atoms with E-state index in [9.17, 15) is 25.3 Å². The van der Waals surface area contributed by atoms with Gasteiger partial charge in [-0.1, -0.05) is 187 Å². The maximum atomic E-state index is 14.6. The number of carbonyl (C=O) groups excluding carboxylic acids is 1. The second-order valence-corrected chi connectivity index (χ2v) is 19.7. The second kappa shape index (κ2) is 33.6. The zero-order valence-electron chi connectivity index (χ0n) is 43.6. The van der Waals surface area contributed by atoms with E-state index in [0.29, 0.717) is 0 Å². The molecule has 0 radical (unpaired) electrons. The summed E-state index contributed by atoms with van der Waals surface area (Å²) in [6.07, 6.45) is -9.24. The van der Waals surface area contributed by atoms with Gasteiger partial charge in [-0.25, -0.2) is 9.36 Å². The molecule has 6 aromatic rings. The molecule has 1 unspecified atom stereocenters. The number of hydrogen-bond acceptors (Lipinski definition) is 16. The summed E-state index contributed by atoms with van der Waals surface area (Å²) in [6.45, 7) is -1.78. The van der Waals surface area contributed by atoms with Crippen LogP contribution in [-0.2, 0) is 95.7 Å². The fourth-order valence-corrected chi connectivity index (χ4v) is 9.47. The molecule has 20 heteroatoms. The zero-order chi connectivity index (χ0) is 55.2. The maximum absolute atomic E-state index is 14.6. The number of amides is 1. The summed E-state index contributed by atoms with van der Waals surface area (Å²) in [5.41, 5.74) is 15.2. The van der Waals surface area contributed by atoms with E-state index in [1.54, 1.807) is 0 Å². The highest BCUT2D eigenvalue weighted by atomic mass is 31.2. The fourth-order valence-electron chi connectivity index (χ4n) is 8.29. The lowest BCUT2D eigenvalue weighted by molar-refractivity contribution is -0.314. The highest BCUT2D eigenvalue weighted by Crippen LogP contribution is 2.50. The van der Waals surface area contributed by atoms with Crippen molar-refractivity contribution in [1.82, 2.24) is 5.32 Å². The Morgan fingerprint density at radius 3 is 1.62 bits per heavy atom. The van der Waals surface area contributed by atoms with Crippen LogP contribution in [-0.4, -0.2) is 99.7 Å². The molecule has 0 saturated carbocycles. The van der Waals surface area contributed by atoms with Crippen molar-refractivity contribution in [3.63, 3.8) is 0 Å². The molecule has 0 aromatic heterocycles. The third kappa shape index (κ3) is 20.4. The Bertz CT molecular complexity index is 2790. The molecule has 1 aliphatic heterocycles. The van der Waals surface area contributed by atoms with Gasteiger partial charge in [-0.05, 0) is 38.9 Å². The first-order valence-corrected chi connectivity index (χ1v) is 27.3. The number of nitrogens with zero attached hydrogens (tertiary/aromatic N) is 4. The van der Waals surface area contributed by atoms with Gasteiger partial charge in [-0.15, -0.1) is 0 Å². The van der Waals surface area contributed by atoms with Crippen molar-refractivity contribution < 1.29 is 65.9 Å². The largest absolute Gasteiger partial charge is 0.474 e. The van der Waals surface area contributed by atoms with Crippen molar-refractivity contribution >= 4 is 13.9 Å². The third-order valence-corrected chi connectivity index (χ3v) is 13.7. The van der Waals surface area contributed by atoms with E-state index >= 15 is 0 Å². The Morgan fingerprint density at radius 2 is 1.11 bits per heavy atom. The summed E-state index contributed by atoms with van der Waals surface area (Å²) in [5, 5.41) is 27.6. The van der Waals surface area contributed by atoms with Crippen LogP contribution in [0.2, 0.25) is 0 Å². The van der Waals surface area contributed by atoms with Crippen LogP contribution in [0.4, 0.5) is 4.79 Å². The van der Waals surface area contributed by atoms with Crippen molar-refractivity contribution in [2.75, 3.05) is 39.6 Å². The maximum Gasteiger partial charge on any atom is 0.474 e. The van der Waals surface area contributed by atoms with Gasteiger partial charge in [0.2, 0.25) is 0 Å². The molecule has 9 atom stereocenters. The number of ether oxygens (including phenoxy) is 8. The molecule has 19 nitrogen and oxygen atoms in total. The van der Waals surface area contributed by atoms with Crippen molar-refractivity contribution in [1.29, 1.82) is 5.26 Å². The summed E-state index contributed by atoms with van der Waals surface area (Å²) in [7, 11) is -4.60. The number of rotatable bonds is 34. The molecule has 6 aromatic carbocycles.